The van der Waals surface area contributed by atoms with Crippen LogP contribution in [0.2, 0.25) is 0 Å². The molecule has 0 aliphatic heterocycles. The zero-order chi connectivity index (χ0) is 12.9. The number of thioether (sulfide) groups is 1. The van der Waals surface area contributed by atoms with Gasteiger partial charge < -0.3 is 10.4 Å². The minimum atomic E-state index is -0.787. The quantitative estimate of drug-likeness (QED) is 0.652. The molecule has 0 aromatic carbocycles. The van der Waals surface area contributed by atoms with E-state index in [2.05, 4.69) is 19.2 Å². The van der Waals surface area contributed by atoms with Crippen LogP contribution in [0.15, 0.2) is 0 Å². The van der Waals surface area contributed by atoms with Crippen LogP contribution in [0.4, 0.5) is 0 Å². The van der Waals surface area contributed by atoms with Crippen molar-refractivity contribution in [2.24, 2.45) is 11.3 Å². The van der Waals surface area contributed by atoms with Crippen molar-refractivity contribution in [1.82, 2.24) is 5.32 Å². The SMILES string of the molecule is CC(C)CCSCC(=O)NCC1(C(=O)O)CC1. The summed E-state index contributed by atoms with van der Waals surface area (Å²) >= 11 is 1.61. The molecule has 0 spiro atoms. The molecule has 1 aliphatic rings. The highest BCUT2D eigenvalue weighted by Gasteiger charge is 2.50. The highest BCUT2D eigenvalue weighted by Crippen LogP contribution is 2.45. The third kappa shape index (κ3) is 4.98. The van der Waals surface area contributed by atoms with Crippen molar-refractivity contribution >= 4 is 23.6 Å². The molecule has 0 atom stereocenters. The monoisotopic (exact) mass is 259 g/mol. The largest absolute Gasteiger partial charge is 0.481 e. The van der Waals surface area contributed by atoms with E-state index < -0.39 is 11.4 Å². The maximum absolute atomic E-state index is 11.5. The number of carbonyl (C=O) groups is 2. The highest BCUT2D eigenvalue weighted by molar-refractivity contribution is 7.99. The second kappa shape index (κ2) is 6.28. The number of nitrogens with one attached hydrogen (secondary N) is 1. The van der Waals surface area contributed by atoms with Gasteiger partial charge in [0.05, 0.1) is 11.2 Å². The molecule has 0 radical (unpaired) electrons. The van der Waals surface area contributed by atoms with Crippen LogP contribution in [-0.2, 0) is 9.59 Å². The Bertz CT molecular complexity index is 287. The first-order valence-corrected chi connectivity index (χ1v) is 7.19. The summed E-state index contributed by atoms with van der Waals surface area (Å²) in [5.41, 5.74) is -0.655. The van der Waals surface area contributed by atoms with E-state index in [0.717, 1.165) is 12.2 Å². The standard InChI is InChI=1S/C12H21NO3S/c1-9(2)3-6-17-7-10(14)13-8-12(4-5-12)11(15)16/h9H,3-8H2,1-2H3,(H,13,14)(H,15,16). The predicted molar refractivity (Wildman–Crippen MR) is 69.1 cm³/mol. The van der Waals surface area contributed by atoms with Gasteiger partial charge in [-0.2, -0.15) is 11.8 Å². The lowest BCUT2D eigenvalue weighted by Crippen LogP contribution is -2.35. The van der Waals surface area contributed by atoms with Gasteiger partial charge in [0.1, 0.15) is 0 Å². The van der Waals surface area contributed by atoms with Crippen LogP contribution in [0.5, 0.6) is 0 Å². The molecule has 17 heavy (non-hydrogen) atoms. The number of hydrogen-bond donors (Lipinski definition) is 2. The van der Waals surface area contributed by atoms with Gasteiger partial charge >= 0.3 is 5.97 Å². The minimum Gasteiger partial charge on any atom is -0.481 e. The van der Waals surface area contributed by atoms with Gasteiger partial charge in [-0.1, -0.05) is 13.8 Å². The zero-order valence-corrected chi connectivity index (χ0v) is 11.3. The molecule has 1 rings (SSSR count). The average molecular weight is 259 g/mol. The molecule has 0 saturated heterocycles. The van der Waals surface area contributed by atoms with Crippen molar-refractivity contribution in [3.63, 3.8) is 0 Å². The van der Waals surface area contributed by atoms with Gasteiger partial charge in [-0.3, -0.25) is 9.59 Å². The van der Waals surface area contributed by atoms with E-state index in [1.165, 1.54) is 0 Å². The van der Waals surface area contributed by atoms with Crippen LogP contribution in [0, 0.1) is 11.3 Å². The summed E-state index contributed by atoms with van der Waals surface area (Å²) in [5.74, 6) is 1.24. The molecule has 0 aromatic heterocycles. The van der Waals surface area contributed by atoms with Gasteiger partial charge in [0, 0.05) is 6.54 Å². The van der Waals surface area contributed by atoms with Crippen molar-refractivity contribution in [2.75, 3.05) is 18.1 Å². The van der Waals surface area contributed by atoms with Crippen molar-refractivity contribution in [3.8, 4) is 0 Å². The average Bonchev–Trinajstić information content (AvgIpc) is 3.02. The van der Waals surface area contributed by atoms with Crippen molar-refractivity contribution in [2.45, 2.75) is 33.1 Å². The van der Waals surface area contributed by atoms with Crippen LogP contribution in [0.25, 0.3) is 0 Å². The molecule has 0 aromatic rings. The Balaban J connectivity index is 2.08. The number of aliphatic carboxylic acids is 1. The number of rotatable bonds is 8. The molecule has 2 N–H and O–H groups in total. The van der Waals surface area contributed by atoms with E-state index in [4.69, 9.17) is 5.11 Å². The Morgan fingerprint density at radius 1 is 1.41 bits per heavy atom. The first-order chi connectivity index (χ1) is 7.96. The van der Waals surface area contributed by atoms with Gasteiger partial charge in [0.2, 0.25) is 5.91 Å². The van der Waals surface area contributed by atoms with Crippen LogP contribution in [0.1, 0.15) is 33.1 Å². The molecule has 0 bridgehead atoms. The normalized spacial score (nSPS) is 16.9. The maximum atomic E-state index is 11.5. The van der Waals surface area contributed by atoms with E-state index in [9.17, 15) is 9.59 Å². The second-order valence-electron chi connectivity index (χ2n) is 5.10. The second-order valence-corrected chi connectivity index (χ2v) is 6.20. The summed E-state index contributed by atoms with van der Waals surface area (Å²) in [4.78, 5) is 22.3. The van der Waals surface area contributed by atoms with Gasteiger partial charge in [-0.15, -0.1) is 0 Å². The van der Waals surface area contributed by atoms with Crippen LogP contribution >= 0.6 is 11.8 Å². The lowest BCUT2D eigenvalue weighted by molar-refractivity contribution is -0.143. The number of hydrogen-bond acceptors (Lipinski definition) is 3. The van der Waals surface area contributed by atoms with Gasteiger partial charge in [0.25, 0.3) is 0 Å². The number of carbonyl (C=O) groups excluding carboxylic acids is 1. The van der Waals surface area contributed by atoms with E-state index in [1.807, 2.05) is 0 Å². The molecule has 1 saturated carbocycles. The molecule has 4 nitrogen and oxygen atoms in total. The number of carboxylic acids is 1. The first kappa shape index (κ1) is 14.4. The summed E-state index contributed by atoms with van der Waals surface area (Å²) in [5, 5.41) is 11.6. The molecule has 0 unspecified atom stereocenters. The third-order valence-corrected chi connectivity index (χ3v) is 3.99. The summed E-state index contributed by atoms with van der Waals surface area (Å²) < 4.78 is 0. The zero-order valence-electron chi connectivity index (χ0n) is 10.5. The fraction of sp³-hybridized carbons (Fsp3) is 0.833. The van der Waals surface area contributed by atoms with E-state index in [-0.39, 0.29) is 12.5 Å². The van der Waals surface area contributed by atoms with Crippen LogP contribution in [-0.4, -0.2) is 35.0 Å². The number of amides is 1. The lowest BCUT2D eigenvalue weighted by atomic mass is 10.1. The van der Waals surface area contributed by atoms with Crippen molar-refractivity contribution < 1.29 is 14.7 Å². The van der Waals surface area contributed by atoms with Gasteiger partial charge in [-0.25, -0.2) is 0 Å². The Labute approximate surface area is 107 Å². The molecule has 98 valence electrons. The Hall–Kier alpha value is -0.710. The Morgan fingerprint density at radius 3 is 2.53 bits per heavy atom. The number of carboxylic acid groups (broad SMARTS) is 1. The molecule has 1 amide bonds. The topological polar surface area (TPSA) is 66.4 Å². The maximum Gasteiger partial charge on any atom is 0.311 e. The van der Waals surface area contributed by atoms with E-state index in [0.29, 0.717) is 24.5 Å². The van der Waals surface area contributed by atoms with Crippen molar-refractivity contribution in [3.05, 3.63) is 0 Å². The molecule has 0 heterocycles. The summed E-state index contributed by atoms with van der Waals surface area (Å²) in [6.07, 6.45) is 2.48. The minimum absolute atomic E-state index is 0.0497. The van der Waals surface area contributed by atoms with E-state index in [1.54, 1.807) is 11.8 Å². The highest BCUT2D eigenvalue weighted by atomic mass is 32.2. The summed E-state index contributed by atoms with van der Waals surface area (Å²) in [6, 6.07) is 0. The molecule has 1 fully saturated rings. The van der Waals surface area contributed by atoms with E-state index >= 15 is 0 Å². The van der Waals surface area contributed by atoms with Crippen molar-refractivity contribution in [1.29, 1.82) is 0 Å². The van der Waals surface area contributed by atoms with Gasteiger partial charge in [-0.05, 0) is 30.9 Å². The molecule has 1 aliphatic carbocycles. The fourth-order valence-electron chi connectivity index (χ4n) is 1.42. The fourth-order valence-corrected chi connectivity index (χ4v) is 2.49. The lowest BCUT2D eigenvalue weighted by Gasteiger charge is -2.11. The Kier molecular flexibility index (Phi) is 5.31. The predicted octanol–water partition coefficient (Wildman–Crippen LogP) is 1.75. The smallest absolute Gasteiger partial charge is 0.311 e. The summed E-state index contributed by atoms with van der Waals surface area (Å²) in [7, 11) is 0. The third-order valence-electron chi connectivity index (χ3n) is 3.00. The molecular formula is C12H21NO3S. The van der Waals surface area contributed by atoms with Crippen LogP contribution < -0.4 is 5.32 Å². The molecule has 5 heteroatoms. The van der Waals surface area contributed by atoms with Gasteiger partial charge in [0.15, 0.2) is 0 Å². The summed E-state index contributed by atoms with van der Waals surface area (Å²) in [6.45, 7) is 4.60. The van der Waals surface area contributed by atoms with Crippen LogP contribution in [0.3, 0.4) is 0 Å². The molecular weight excluding hydrogens is 238 g/mol. The first-order valence-electron chi connectivity index (χ1n) is 6.04. The Morgan fingerprint density at radius 2 is 2.06 bits per heavy atom.